The molecule has 13 heavy (non-hydrogen) atoms. The van der Waals surface area contributed by atoms with Crippen LogP contribution in [-0.2, 0) is 11.3 Å². The minimum Gasteiger partial charge on any atom is -0.447 e. The number of carbonyl (C=O) groups excluding carboxylic acids is 1. The van der Waals surface area contributed by atoms with Crippen molar-refractivity contribution < 1.29 is 9.21 Å². The molecule has 72 valence electrons. The predicted molar refractivity (Wildman–Crippen MR) is 46.6 cm³/mol. The molecule has 1 amide bonds. The van der Waals surface area contributed by atoms with E-state index in [0.29, 0.717) is 12.3 Å². The Balaban J connectivity index is 2.47. The number of nitrogens with zero attached hydrogens (tertiary/aromatic N) is 1. The number of hydrogen-bond donors (Lipinski definition) is 2. The average molecular weight is 183 g/mol. The summed E-state index contributed by atoms with van der Waals surface area (Å²) in [6, 6.07) is 0. The molecule has 0 aliphatic carbocycles. The Morgan fingerprint density at radius 2 is 2.46 bits per heavy atom. The van der Waals surface area contributed by atoms with Crippen LogP contribution in [0.1, 0.15) is 19.6 Å². The number of oxazole rings is 1. The Labute approximate surface area is 76.3 Å². The van der Waals surface area contributed by atoms with Gasteiger partial charge < -0.3 is 10.2 Å². The van der Waals surface area contributed by atoms with E-state index < -0.39 is 11.4 Å². The minimum absolute atomic E-state index is 0.396. The van der Waals surface area contributed by atoms with Gasteiger partial charge >= 0.3 is 0 Å². The van der Waals surface area contributed by atoms with Gasteiger partial charge in [-0.25, -0.2) is 4.98 Å². The molecule has 0 atom stereocenters. The van der Waals surface area contributed by atoms with Gasteiger partial charge in [-0.1, -0.05) is 0 Å². The van der Waals surface area contributed by atoms with Crippen LogP contribution < -0.4 is 11.1 Å². The Bertz CT molecular complexity index is 280. The lowest BCUT2D eigenvalue weighted by atomic mass is 10.1. The van der Waals surface area contributed by atoms with Crippen LogP contribution in [0.15, 0.2) is 17.0 Å². The number of amides is 1. The summed E-state index contributed by atoms with van der Waals surface area (Å²) in [5.41, 5.74) is 4.43. The van der Waals surface area contributed by atoms with Gasteiger partial charge in [0, 0.05) is 0 Å². The summed E-state index contributed by atoms with van der Waals surface area (Å²) in [4.78, 5) is 14.6. The fourth-order valence-corrected chi connectivity index (χ4v) is 0.725. The van der Waals surface area contributed by atoms with Gasteiger partial charge in [0.05, 0.1) is 18.3 Å². The largest absolute Gasteiger partial charge is 0.447 e. The predicted octanol–water partition coefficient (Wildman–Crippen LogP) is 0.0281. The molecule has 0 saturated heterocycles. The smallest absolute Gasteiger partial charge is 0.237 e. The van der Waals surface area contributed by atoms with Crippen LogP contribution in [0.5, 0.6) is 0 Å². The van der Waals surface area contributed by atoms with Gasteiger partial charge in [0.15, 0.2) is 6.39 Å². The molecule has 0 saturated carbocycles. The van der Waals surface area contributed by atoms with E-state index in [-0.39, 0.29) is 0 Å². The fraction of sp³-hybridized carbons (Fsp3) is 0.500. The summed E-state index contributed by atoms with van der Waals surface area (Å²) in [5, 5.41) is 2.95. The van der Waals surface area contributed by atoms with Crippen molar-refractivity contribution in [2.75, 3.05) is 0 Å². The molecular weight excluding hydrogens is 170 g/mol. The van der Waals surface area contributed by atoms with Gasteiger partial charge in [-0.15, -0.1) is 0 Å². The third kappa shape index (κ3) is 2.55. The second-order valence-corrected chi connectivity index (χ2v) is 3.31. The average Bonchev–Trinajstić information content (AvgIpc) is 2.52. The van der Waals surface area contributed by atoms with Crippen LogP contribution in [0, 0.1) is 0 Å². The van der Waals surface area contributed by atoms with Crippen molar-refractivity contribution in [3.05, 3.63) is 18.4 Å². The van der Waals surface area contributed by atoms with Crippen molar-refractivity contribution in [1.29, 1.82) is 0 Å². The zero-order valence-corrected chi connectivity index (χ0v) is 7.70. The molecule has 0 spiro atoms. The van der Waals surface area contributed by atoms with E-state index in [0.717, 1.165) is 0 Å². The van der Waals surface area contributed by atoms with E-state index in [9.17, 15) is 4.79 Å². The lowest BCUT2D eigenvalue weighted by Crippen LogP contribution is -2.50. The van der Waals surface area contributed by atoms with E-state index in [1.807, 2.05) is 0 Å². The van der Waals surface area contributed by atoms with Crippen molar-refractivity contribution >= 4 is 5.91 Å². The van der Waals surface area contributed by atoms with Gasteiger partial charge in [-0.2, -0.15) is 0 Å². The highest BCUT2D eigenvalue weighted by Gasteiger charge is 2.23. The summed E-state index contributed by atoms with van der Waals surface area (Å²) < 4.78 is 4.98. The molecule has 0 radical (unpaired) electrons. The number of carbonyl (C=O) groups is 1. The topological polar surface area (TPSA) is 81.2 Å². The standard InChI is InChI=1S/C8H13N3O2/c1-8(2,7(9)12)11-4-6-3-10-5-13-6/h3,5,11H,4H2,1-2H3,(H2,9,12). The van der Waals surface area contributed by atoms with Crippen LogP contribution in [-0.4, -0.2) is 16.4 Å². The lowest BCUT2D eigenvalue weighted by Gasteiger charge is -2.21. The SMILES string of the molecule is CC(C)(NCc1cnco1)C(N)=O. The maximum Gasteiger partial charge on any atom is 0.237 e. The first-order chi connectivity index (χ1) is 6.02. The van der Waals surface area contributed by atoms with Crippen LogP contribution >= 0.6 is 0 Å². The van der Waals surface area contributed by atoms with E-state index in [1.54, 1.807) is 20.0 Å². The zero-order chi connectivity index (χ0) is 9.90. The molecule has 1 rings (SSSR count). The molecule has 0 aliphatic heterocycles. The molecule has 1 aromatic heterocycles. The Morgan fingerprint density at radius 3 is 2.92 bits per heavy atom. The molecular formula is C8H13N3O2. The summed E-state index contributed by atoms with van der Waals surface area (Å²) >= 11 is 0. The molecule has 0 bridgehead atoms. The Kier molecular flexibility index (Phi) is 2.67. The lowest BCUT2D eigenvalue weighted by molar-refractivity contribution is -0.123. The van der Waals surface area contributed by atoms with Gasteiger partial charge in [0.25, 0.3) is 0 Å². The fourth-order valence-electron chi connectivity index (χ4n) is 0.725. The molecule has 0 aromatic carbocycles. The summed E-state index contributed by atoms with van der Waals surface area (Å²) in [6.45, 7) is 3.87. The van der Waals surface area contributed by atoms with Gasteiger partial charge in [-0.3, -0.25) is 10.1 Å². The summed E-state index contributed by atoms with van der Waals surface area (Å²) in [7, 11) is 0. The molecule has 5 nitrogen and oxygen atoms in total. The van der Waals surface area contributed by atoms with Crippen molar-refractivity contribution in [2.45, 2.75) is 25.9 Å². The van der Waals surface area contributed by atoms with Crippen LogP contribution in [0.25, 0.3) is 0 Å². The van der Waals surface area contributed by atoms with Crippen LogP contribution in [0.3, 0.4) is 0 Å². The normalized spacial score (nSPS) is 11.5. The van der Waals surface area contributed by atoms with Crippen LogP contribution in [0.2, 0.25) is 0 Å². The molecule has 0 unspecified atom stereocenters. The van der Waals surface area contributed by atoms with E-state index in [2.05, 4.69) is 10.3 Å². The molecule has 0 aliphatic rings. The van der Waals surface area contributed by atoms with E-state index in [1.165, 1.54) is 6.39 Å². The maximum absolute atomic E-state index is 10.9. The monoisotopic (exact) mass is 183 g/mol. The first kappa shape index (κ1) is 9.73. The van der Waals surface area contributed by atoms with Crippen molar-refractivity contribution in [3.63, 3.8) is 0 Å². The molecule has 3 N–H and O–H groups in total. The number of nitrogens with one attached hydrogen (secondary N) is 1. The van der Waals surface area contributed by atoms with Crippen molar-refractivity contribution in [3.8, 4) is 0 Å². The highest BCUT2D eigenvalue weighted by atomic mass is 16.3. The first-order valence-corrected chi connectivity index (χ1v) is 3.94. The molecule has 5 heteroatoms. The summed E-state index contributed by atoms with van der Waals surface area (Å²) in [6.07, 6.45) is 2.93. The maximum atomic E-state index is 10.9. The van der Waals surface area contributed by atoms with Gasteiger partial charge in [0.2, 0.25) is 5.91 Å². The van der Waals surface area contributed by atoms with Gasteiger partial charge in [-0.05, 0) is 13.8 Å². The van der Waals surface area contributed by atoms with Crippen molar-refractivity contribution in [2.24, 2.45) is 5.73 Å². The second-order valence-electron chi connectivity index (χ2n) is 3.31. The van der Waals surface area contributed by atoms with Crippen molar-refractivity contribution in [1.82, 2.24) is 10.3 Å². The van der Waals surface area contributed by atoms with Gasteiger partial charge in [0.1, 0.15) is 5.76 Å². The Morgan fingerprint density at radius 1 is 1.77 bits per heavy atom. The quantitative estimate of drug-likeness (QED) is 0.690. The Hall–Kier alpha value is -1.36. The summed E-state index contributed by atoms with van der Waals surface area (Å²) in [5.74, 6) is 0.279. The number of rotatable bonds is 4. The third-order valence-corrected chi connectivity index (χ3v) is 1.80. The molecule has 1 aromatic rings. The number of nitrogens with two attached hydrogens (primary N) is 1. The van der Waals surface area contributed by atoms with Crippen LogP contribution in [0.4, 0.5) is 0 Å². The third-order valence-electron chi connectivity index (χ3n) is 1.80. The molecule has 1 heterocycles. The number of aromatic nitrogens is 1. The highest BCUT2D eigenvalue weighted by molar-refractivity contribution is 5.83. The molecule has 0 fully saturated rings. The zero-order valence-electron chi connectivity index (χ0n) is 7.70. The van der Waals surface area contributed by atoms with E-state index >= 15 is 0 Å². The first-order valence-electron chi connectivity index (χ1n) is 3.94. The number of hydrogen-bond acceptors (Lipinski definition) is 4. The number of primary amides is 1. The minimum atomic E-state index is -0.729. The van der Waals surface area contributed by atoms with E-state index in [4.69, 9.17) is 10.2 Å². The second kappa shape index (κ2) is 3.57. The highest BCUT2D eigenvalue weighted by Crippen LogP contribution is 2.03.